The van der Waals surface area contributed by atoms with E-state index in [1.165, 1.54) is 0 Å². The predicted molar refractivity (Wildman–Crippen MR) is 54.2 cm³/mol. The monoisotopic (exact) mass is 207 g/mol. The number of nitrogens with zero attached hydrogens (tertiary/aromatic N) is 2. The van der Waals surface area contributed by atoms with E-state index in [2.05, 4.69) is 15.5 Å². The standard InChI is InChI=1S/C10H13N3O2/c1-6-4-8(7(2)14-6)10-12-9(5-11-3)13-15-10/h4,11H,5H2,1-3H3. The van der Waals surface area contributed by atoms with Gasteiger partial charge in [0.05, 0.1) is 12.1 Å². The number of hydrogen-bond donors (Lipinski definition) is 1. The van der Waals surface area contributed by atoms with Crippen LogP contribution in [-0.4, -0.2) is 17.2 Å². The summed E-state index contributed by atoms with van der Waals surface area (Å²) in [7, 11) is 1.84. The van der Waals surface area contributed by atoms with E-state index in [0.717, 1.165) is 17.1 Å². The van der Waals surface area contributed by atoms with Gasteiger partial charge in [-0.25, -0.2) is 0 Å². The average molecular weight is 207 g/mol. The van der Waals surface area contributed by atoms with Crippen molar-refractivity contribution in [3.63, 3.8) is 0 Å². The van der Waals surface area contributed by atoms with Gasteiger partial charge < -0.3 is 14.3 Å². The van der Waals surface area contributed by atoms with Gasteiger partial charge >= 0.3 is 0 Å². The van der Waals surface area contributed by atoms with Crippen molar-refractivity contribution in [2.24, 2.45) is 0 Å². The number of aromatic nitrogens is 2. The van der Waals surface area contributed by atoms with Crippen LogP contribution in [0.2, 0.25) is 0 Å². The first kappa shape index (κ1) is 9.92. The third kappa shape index (κ3) is 1.92. The fourth-order valence-electron chi connectivity index (χ4n) is 1.44. The van der Waals surface area contributed by atoms with Gasteiger partial charge in [-0.05, 0) is 27.0 Å². The molecule has 0 bridgehead atoms. The van der Waals surface area contributed by atoms with Gasteiger partial charge in [-0.2, -0.15) is 4.98 Å². The quantitative estimate of drug-likeness (QED) is 0.829. The van der Waals surface area contributed by atoms with E-state index in [9.17, 15) is 0 Å². The van der Waals surface area contributed by atoms with Gasteiger partial charge in [-0.15, -0.1) is 0 Å². The van der Waals surface area contributed by atoms with E-state index in [1.807, 2.05) is 27.0 Å². The van der Waals surface area contributed by atoms with Gasteiger partial charge in [0.2, 0.25) is 0 Å². The Morgan fingerprint density at radius 2 is 2.20 bits per heavy atom. The summed E-state index contributed by atoms with van der Waals surface area (Å²) in [6, 6.07) is 1.89. The zero-order chi connectivity index (χ0) is 10.8. The van der Waals surface area contributed by atoms with E-state index in [0.29, 0.717) is 18.3 Å². The molecule has 0 saturated carbocycles. The van der Waals surface area contributed by atoms with E-state index >= 15 is 0 Å². The van der Waals surface area contributed by atoms with Crippen molar-refractivity contribution in [3.8, 4) is 11.5 Å². The molecule has 0 aliphatic rings. The molecule has 0 atom stereocenters. The summed E-state index contributed by atoms with van der Waals surface area (Å²) in [6.45, 7) is 4.37. The fraction of sp³-hybridized carbons (Fsp3) is 0.400. The molecule has 0 aliphatic heterocycles. The Morgan fingerprint density at radius 3 is 2.80 bits per heavy atom. The van der Waals surface area contributed by atoms with Crippen molar-refractivity contribution in [2.45, 2.75) is 20.4 Å². The molecule has 0 fully saturated rings. The van der Waals surface area contributed by atoms with Gasteiger partial charge in [0.1, 0.15) is 11.5 Å². The SMILES string of the molecule is CNCc1noc(-c2cc(C)oc2C)n1. The van der Waals surface area contributed by atoms with Crippen LogP contribution >= 0.6 is 0 Å². The summed E-state index contributed by atoms with van der Waals surface area (Å²) in [6.07, 6.45) is 0. The lowest BCUT2D eigenvalue weighted by molar-refractivity contribution is 0.419. The fourth-order valence-corrected chi connectivity index (χ4v) is 1.44. The van der Waals surface area contributed by atoms with Crippen LogP contribution in [-0.2, 0) is 6.54 Å². The zero-order valence-corrected chi connectivity index (χ0v) is 9.00. The normalized spacial score (nSPS) is 10.9. The Balaban J connectivity index is 2.32. The van der Waals surface area contributed by atoms with Crippen LogP contribution in [0.4, 0.5) is 0 Å². The van der Waals surface area contributed by atoms with E-state index in [-0.39, 0.29) is 0 Å². The third-order valence-electron chi connectivity index (χ3n) is 2.07. The van der Waals surface area contributed by atoms with Crippen LogP contribution in [0.15, 0.2) is 15.0 Å². The molecule has 15 heavy (non-hydrogen) atoms. The Bertz CT molecular complexity index is 459. The lowest BCUT2D eigenvalue weighted by Crippen LogP contribution is -2.06. The average Bonchev–Trinajstić information content (AvgIpc) is 2.73. The molecule has 0 spiro atoms. The Labute approximate surface area is 87.5 Å². The smallest absolute Gasteiger partial charge is 0.261 e. The molecule has 5 heteroatoms. The number of aryl methyl sites for hydroxylation is 2. The maximum atomic E-state index is 5.39. The largest absolute Gasteiger partial charge is 0.466 e. The van der Waals surface area contributed by atoms with Gasteiger partial charge in [0.15, 0.2) is 5.82 Å². The first-order valence-electron chi connectivity index (χ1n) is 4.75. The molecule has 0 amide bonds. The minimum Gasteiger partial charge on any atom is -0.466 e. The van der Waals surface area contributed by atoms with Crippen LogP contribution < -0.4 is 5.32 Å². The summed E-state index contributed by atoms with van der Waals surface area (Å²) < 4.78 is 10.5. The van der Waals surface area contributed by atoms with E-state index in [4.69, 9.17) is 8.94 Å². The zero-order valence-electron chi connectivity index (χ0n) is 9.00. The van der Waals surface area contributed by atoms with Crippen molar-refractivity contribution < 1.29 is 8.94 Å². The van der Waals surface area contributed by atoms with Crippen molar-refractivity contribution in [1.82, 2.24) is 15.5 Å². The van der Waals surface area contributed by atoms with E-state index in [1.54, 1.807) is 0 Å². The van der Waals surface area contributed by atoms with Gasteiger partial charge in [0.25, 0.3) is 5.89 Å². The molecule has 0 radical (unpaired) electrons. The predicted octanol–water partition coefficient (Wildman–Crippen LogP) is 1.67. The summed E-state index contributed by atoms with van der Waals surface area (Å²) in [5.41, 5.74) is 0.863. The number of furan rings is 1. The third-order valence-corrected chi connectivity index (χ3v) is 2.07. The van der Waals surface area contributed by atoms with Crippen LogP contribution in [0.25, 0.3) is 11.5 Å². The molecule has 2 aromatic rings. The van der Waals surface area contributed by atoms with Crippen LogP contribution in [0.5, 0.6) is 0 Å². The van der Waals surface area contributed by atoms with Crippen LogP contribution in [0, 0.1) is 13.8 Å². The lowest BCUT2D eigenvalue weighted by Gasteiger charge is -1.88. The molecule has 0 aliphatic carbocycles. The topological polar surface area (TPSA) is 64.1 Å². The molecular weight excluding hydrogens is 194 g/mol. The maximum Gasteiger partial charge on any atom is 0.261 e. The second kappa shape index (κ2) is 3.86. The number of hydrogen-bond acceptors (Lipinski definition) is 5. The highest BCUT2D eigenvalue weighted by Crippen LogP contribution is 2.24. The Hall–Kier alpha value is -1.62. The van der Waals surface area contributed by atoms with E-state index < -0.39 is 0 Å². The lowest BCUT2D eigenvalue weighted by atomic mass is 10.2. The molecule has 5 nitrogen and oxygen atoms in total. The van der Waals surface area contributed by atoms with Crippen molar-refractivity contribution in [3.05, 3.63) is 23.4 Å². The molecule has 2 heterocycles. The highest BCUT2D eigenvalue weighted by atomic mass is 16.5. The summed E-state index contributed by atoms with van der Waals surface area (Å²) in [4.78, 5) is 4.24. The Morgan fingerprint density at radius 1 is 1.40 bits per heavy atom. The van der Waals surface area contributed by atoms with Gasteiger partial charge in [-0.3, -0.25) is 0 Å². The molecular formula is C10H13N3O2. The highest BCUT2D eigenvalue weighted by molar-refractivity contribution is 5.55. The van der Waals surface area contributed by atoms with Crippen molar-refractivity contribution in [1.29, 1.82) is 0 Å². The molecule has 0 aromatic carbocycles. The first-order chi connectivity index (χ1) is 7.20. The van der Waals surface area contributed by atoms with Crippen molar-refractivity contribution >= 4 is 0 Å². The minimum absolute atomic E-state index is 0.509. The van der Waals surface area contributed by atoms with Gasteiger partial charge in [-0.1, -0.05) is 5.16 Å². The molecule has 2 aromatic heterocycles. The number of rotatable bonds is 3. The maximum absolute atomic E-state index is 5.39. The van der Waals surface area contributed by atoms with Crippen molar-refractivity contribution in [2.75, 3.05) is 7.05 Å². The minimum atomic E-state index is 0.509. The highest BCUT2D eigenvalue weighted by Gasteiger charge is 2.14. The van der Waals surface area contributed by atoms with Gasteiger partial charge in [0, 0.05) is 0 Å². The molecule has 80 valence electrons. The molecule has 0 unspecified atom stereocenters. The van der Waals surface area contributed by atoms with Crippen LogP contribution in [0.3, 0.4) is 0 Å². The summed E-state index contributed by atoms with van der Waals surface area (Å²) in [5, 5.41) is 6.80. The molecule has 0 saturated heterocycles. The second-order valence-electron chi connectivity index (χ2n) is 3.37. The second-order valence-corrected chi connectivity index (χ2v) is 3.37. The van der Waals surface area contributed by atoms with Crippen LogP contribution in [0.1, 0.15) is 17.3 Å². The summed E-state index contributed by atoms with van der Waals surface area (Å²) >= 11 is 0. The molecule has 1 N–H and O–H groups in total. The first-order valence-corrected chi connectivity index (χ1v) is 4.75. The summed E-state index contributed by atoms with van der Waals surface area (Å²) in [5.74, 6) is 2.79. The molecule has 2 rings (SSSR count). The Kier molecular flexibility index (Phi) is 2.55. The number of nitrogens with one attached hydrogen (secondary N) is 1.